The van der Waals surface area contributed by atoms with Crippen LogP contribution in [0.5, 0.6) is 5.75 Å². The van der Waals surface area contributed by atoms with Crippen LogP contribution in [-0.2, 0) is 13.6 Å². The minimum atomic E-state index is -0.263. The van der Waals surface area contributed by atoms with Crippen LogP contribution in [0, 0.1) is 0 Å². The third-order valence-electron chi connectivity index (χ3n) is 5.85. The molecule has 0 atom stereocenters. The smallest absolute Gasteiger partial charge is 0.273 e. The van der Waals surface area contributed by atoms with Crippen LogP contribution in [0.1, 0.15) is 21.5 Å². The maximum absolute atomic E-state index is 12.9. The number of hydrogen-bond donors (Lipinski definition) is 1. The lowest BCUT2D eigenvalue weighted by Crippen LogP contribution is -2.17. The number of methoxy groups -OCH3 is 1. The van der Waals surface area contributed by atoms with Crippen LogP contribution >= 0.6 is 0 Å². The van der Waals surface area contributed by atoms with Crippen LogP contribution in [0.2, 0.25) is 0 Å². The van der Waals surface area contributed by atoms with Crippen molar-refractivity contribution in [2.45, 2.75) is 6.54 Å². The van der Waals surface area contributed by atoms with Gasteiger partial charge in [-0.2, -0.15) is 10.2 Å². The molecule has 0 bridgehead atoms. The second-order valence-corrected chi connectivity index (χ2v) is 8.21. The normalized spacial score (nSPS) is 11.3. The summed E-state index contributed by atoms with van der Waals surface area (Å²) in [6, 6.07) is 25.6. The Labute approximate surface area is 203 Å². The largest absolute Gasteiger partial charge is 0.497 e. The molecule has 0 saturated carbocycles. The molecule has 7 nitrogen and oxygen atoms in total. The molecule has 5 rings (SSSR count). The number of amides is 1. The van der Waals surface area contributed by atoms with Crippen LogP contribution in [0.4, 0.5) is 0 Å². The van der Waals surface area contributed by atoms with E-state index in [0.717, 1.165) is 39.0 Å². The Morgan fingerprint density at radius 3 is 2.51 bits per heavy atom. The van der Waals surface area contributed by atoms with Crippen LogP contribution in [0.3, 0.4) is 0 Å². The van der Waals surface area contributed by atoms with Crippen molar-refractivity contribution in [2.75, 3.05) is 7.11 Å². The number of carbonyl (C=O) groups is 1. The van der Waals surface area contributed by atoms with Gasteiger partial charge in [-0.1, -0.05) is 48.5 Å². The molecule has 0 saturated heterocycles. The third-order valence-corrected chi connectivity index (χ3v) is 5.85. The van der Waals surface area contributed by atoms with Crippen LogP contribution in [0.25, 0.3) is 22.2 Å². The summed E-state index contributed by atoms with van der Waals surface area (Å²) in [5.74, 6) is 0.510. The monoisotopic (exact) mass is 463 g/mol. The van der Waals surface area contributed by atoms with Crippen LogP contribution < -0.4 is 10.2 Å². The molecular weight excluding hydrogens is 438 g/mol. The number of fused-ring (bicyclic) bond motifs is 1. The summed E-state index contributed by atoms with van der Waals surface area (Å²) in [7, 11) is 3.56. The van der Waals surface area contributed by atoms with Gasteiger partial charge in [0.05, 0.1) is 25.4 Å². The minimum absolute atomic E-state index is 0.263. The maximum atomic E-state index is 12.9. The Hall–Kier alpha value is -4.65. The summed E-state index contributed by atoms with van der Waals surface area (Å²) >= 11 is 0. The number of aromatic nitrogens is 3. The maximum Gasteiger partial charge on any atom is 0.273 e. The first-order chi connectivity index (χ1) is 17.1. The predicted molar refractivity (Wildman–Crippen MR) is 138 cm³/mol. The summed E-state index contributed by atoms with van der Waals surface area (Å²) in [6.07, 6.45) is 5.38. The molecule has 35 heavy (non-hydrogen) atoms. The zero-order chi connectivity index (χ0) is 24.2. The first-order valence-electron chi connectivity index (χ1n) is 11.3. The van der Waals surface area contributed by atoms with Gasteiger partial charge in [0.15, 0.2) is 0 Å². The van der Waals surface area contributed by atoms with E-state index in [0.29, 0.717) is 12.1 Å². The summed E-state index contributed by atoms with van der Waals surface area (Å²) in [5, 5.41) is 9.95. The number of nitrogens with one attached hydrogen (secondary N) is 1. The number of carbonyl (C=O) groups excluding carboxylic acids is 1. The van der Waals surface area contributed by atoms with E-state index in [2.05, 4.69) is 22.7 Å². The summed E-state index contributed by atoms with van der Waals surface area (Å²) in [6.45, 7) is 0.625. The Kier molecular flexibility index (Phi) is 6.13. The lowest BCUT2D eigenvalue weighted by molar-refractivity contribution is 0.0956. The number of aryl methyl sites for hydroxylation is 1. The Bertz CT molecular complexity index is 1500. The van der Waals surface area contributed by atoms with Gasteiger partial charge in [-0.25, -0.2) is 5.43 Å². The van der Waals surface area contributed by atoms with Crippen molar-refractivity contribution in [3.63, 3.8) is 0 Å². The van der Waals surface area contributed by atoms with E-state index < -0.39 is 0 Å². The van der Waals surface area contributed by atoms with Gasteiger partial charge in [0.25, 0.3) is 5.91 Å². The molecule has 1 N–H and O–H groups in total. The van der Waals surface area contributed by atoms with Crippen LogP contribution in [0.15, 0.2) is 96.4 Å². The molecule has 2 aromatic heterocycles. The van der Waals surface area contributed by atoms with Crippen molar-refractivity contribution in [2.24, 2.45) is 12.1 Å². The van der Waals surface area contributed by atoms with E-state index in [1.54, 1.807) is 13.3 Å². The third kappa shape index (κ3) is 4.70. The average molecular weight is 464 g/mol. The van der Waals surface area contributed by atoms with Crippen molar-refractivity contribution in [1.29, 1.82) is 0 Å². The fourth-order valence-electron chi connectivity index (χ4n) is 4.10. The molecule has 0 aliphatic rings. The quantitative estimate of drug-likeness (QED) is 0.277. The standard InChI is InChI=1S/C28H25N5O2/c1-32-19-25(24-10-6-7-11-26(24)32)28(34)30-29-16-22-18-33(17-20-8-4-3-5-9-20)31-27(22)21-12-14-23(35-2)15-13-21/h3-16,18-19H,17H2,1-2H3,(H,30,34)/b29-16-. The van der Waals surface area contributed by atoms with Crippen molar-refractivity contribution in [1.82, 2.24) is 19.8 Å². The molecular formula is C28H25N5O2. The van der Waals surface area contributed by atoms with Gasteiger partial charge >= 0.3 is 0 Å². The zero-order valence-corrected chi connectivity index (χ0v) is 19.6. The molecule has 0 aliphatic carbocycles. The topological polar surface area (TPSA) is 73.4 Å². The summed E-state index contributed by atoms with van der Waals surface area (Å²) in [5.41, 5.74) is 7.88. The highest BCUT2D eigenvalue weighted by Crippen LogP contribution is 2.24. The van der Waals surface area contributed by atoms with E-state index in [4.69, 9.17) is 9.84 Å². The van der Waals surface area contributed by atoms with Crippen LogP contribution in [-0.4, -0.2) is 33.6 Å². The number of nitrogens with zero attached hydrogens (tertiary/aromatic N) is 4. The van der Waals surface area contributed by atoms with E-state index >= 15 is 0 Å². The number of hydrogen-bond acceptors (Lipinski definition) is 4. The van der Waals surface area contributed by atoms with E-state index in [-0.39, 0.29) is 5.91 Å². The highest BCUT2D eigenvalue weighted by molar-refractivity contribution is 6.07. The molecule has 0 aliphatic heterocycles. The molecule has 2 heterocycles. The second kappa shape index (κ2) is 9.69. The molecule has 0 unspecified atom stereocenters. The first-order valence-corrected chi connectivity index (χ1v) is 11.3. The highest BCUT2D eigenvalue weighted by atomic mass is 16.5. The van der Waals surface area contributed by atoms with Crippen molar-refractivity contribution in [3.05, 3.63) is 108 Å². The van der Waals surface area contributed by atoms with Gasteiger partial charge in [0, 0.05) is 41.5 Å². The Morgan fingerprint density at radius 2 is 1.74 bits per heavy atom. The highest BCUT2D eigenvalue weighted by Gasteiger charge is 2.14. The molecule has 5 aromatic rings. The second-order valence-electron chi connectivity index (χ2n) is 8.21. The molecule has 1 amide bonds. The summed E-state index contributed by atoms with van der Waals surface area (Å²) < 4.78 is 9.10. The van der Waals surface area contributed by atoms with Gasteiger partial charge < -0.3 is 9.30 Å². The Morgan fingerprint density at radius 1 is 1.00 bits per heavy atom. The van der Waals surface area contributed by atoms with Crippen molar-refractivity contribution >= 4 is 23.0 Å². The van der Waals surface area contributed by atoms with E-state index in [1.165, 1.54) is 0 Å². The van der Waals surface area contributed by atoms with E-state index in [9.17, 15) is 4.79 Å². The number of hydrazone groups is 1. The molecule has 0 radical (unpaired) electrons. The summed E-state index contributed by atoms with van der Waals surface area (Å²) in [4.78, 5) is 12.9. The zero-order valence-electron chi connectivity index (χ0n) is 19.6. The fourth-order valence-corrected chi connectivity index (χ4v) is 4.10. The number of ether oxygens (including phenoxy) is 1. The van der Waals surface area contributed by atoms with Gasteiger partial charge in [-0.15, -0.1) is 0 Å². The SMILES string of the molecule is COc1ccc(-c2nn(Cc3ccccc3)cc2/C=N\NC(=O)c2cn(C)c3ccccc23)cc1. The molecule has 0 spiro atoms. The number of benzene rings is 3. The van der Waals surface area contributed by atoms with Crippen molar-refractivity contribution in [3.8, 4) is 17.0 Å². The molecule has 7 heteroatoms. The van der Waals surface area contributed by atoms with Gasteiger partial charge in [0.2, 0.25) is 0 Å². The number of para-hydroxylation sites is 1. The minimum Gasteiger partial charge on any atom is -0.497 e. The van der Waals surface area contributed by atoms with Crippen molar-refractivity contribution < 1.29 is 9.53 Å². The molecule has 0 fully saturated rings. The molecule has 3 aromatic carbocycles. The van der Waals surface area contributed by atoms with Gasteiger partial charge in [0.1, 0.15) is 11.4 Å². The Balaban J connectivity index is 1.42. The predicted octanol–water partition coefficient (Wildman–Crippen LogP) is 4.86. The van der Waals surface area contributed by atoms with E-state index in [1.807, 2.05) is 95.4 Å². The average Bonchev–Trinajstić information content (AvgIpc) is 3.45. The van der Waals surface area contributed by atoms with Gasteiger partial charge in [-0.3, -0.25) is 9.48 Å². The molecule has 174 valence electrons. The fraction of sp³-hybridized carbons (Fsp3) is 0.107. The number of rotatable bonds is 7. The lowest BCUT2D eigenvalue weighted by Gasteiger charge is -2.03. The lowest BCUT2D eigenvalue weighted by atomic mass is 10.1. The van der Waals surface area contributed by atoms with Gasteiger partial charge in [-0.05, 0) is 35.9 Å². The first kappa shape index (κ1) is 22.2.